The molecule has 0 heterocycles. The SMILES string of the molecule is CC(N)C(=O)NC(CC(=O)O)C(=O)NC(C)C(=O)NC(C(=O)O)C(C)O. The van der Waals surface area contributed by atoms with E-state index in [0.29, 0.717) is 0 Å². The number of carbonyl (C=O) groups is 5. The highest BCUT2D eigenvalue weighted by Crippen LogP contribution is 1.98. The Morgan fingerprint density at radius 3 is 1.81 bits per heavy atom. The second kappa shape index (κ2) is 10.3. The van der Waals surface area contributed by atoms with Crippen LogP contribution in [0.2, 0.25) is 0 Å². The standard InChI is InChI=1S/C14H24N4O8/c1-5(15)11(22)17-8(4-9(20)21)13(24)16-6(2)12(23)18-10(7(3)19)14(25)26/h5-8,10,19H,4,15H2,1-3H3,(H,16,24)(H,17,22)(H,18,23)(H,20,21)(H,25,26). The van der Waals surface area contributed by atoms with Crippen LogP contribution < -0.4 is 21.7 Å². The van der Waals surface area contributed by atoms with E-state index in [0.717, 1.165) is 6.92 Å². The maximum atomic E-state index is 12.1. The quantitative estimate of drug-likeness (QED) is 0.204. The number of amides is 3. The predicted molar refractivity (Wildman–Crippen MR) is 86.7 cm³/mol. The summed E-state index contributed by atoms with van der Waals surface area (Å²) in [4.78, 5) is 57.4. The molecule has 5 unspecified atom stereocenters. The predicted octanol–water partition coefficient (Wildman–Crippen LogP) is -3.25. The van der Waals surface area contributed by atoms with Crippen molar-refractivity contribution < 1.29 is 39.3 Å². The molecule has 26 heavy (non-hydrogen) atoms. The van der Waals surface area contributed by atoms with Crippen molar-refractivity contribution in [2.45, 2.75) is 57.5 Å². The molecule has 0 aromatic carbocycles. The van der Waals surface area contributed by atoms with Gasteiger partial charge in [-0.25, -0.2) is 4.79 Å². The second-order valence-electron chi connectivity index (χ2n) is 5.74. The maximum Gasteiger partial charge on any atom is 0.328 e. The molecule has 0 bridgehead atoms. The van der Waals surface area contributed by atoms with Gasteiger partial charge in [-0.2, -0.15) is 0 Å². The Labute approximate surface area is 149 Å². The summed E-state index contributed by atoms with van der Waals surface area (Å²) in [7, 11) is 0. The van der Waals surface area contributed by atoms with Gasteiger partial charge in [-0.15, -0.1) is 0 Å². The molecule has 0 radical (unpaired) electrons. The summed E-state index contributed by atoms with van der Waals surface area (Å²) in [6, 6.07) is -5.31. The van der Waals surface area contributed by atoms with E-state index in [4.69, 9.17) is 15.9 Å². The minimum atomic E-state index is -1.59. The van der Waals surface area contributed by atoms with E-state index in [1.165, 1.54) is 13.8 Å². The Hall–Kier alpha value is -2.73. The van der Waals surface area contributed by atoms with Crippen molar-refractivity contribution in [3.63, 3.8) is 0 Å². The molecule has 0 rings (SSSR count). The summed E-state index contributed by atoms with van der Waals surface area (Å²) in [6.45, 7) is 3.72. The van der Waals surface area contributed by atoms with Crippen LogP contribution in [0.4, 0.5) is 0 Å². The molecular weight excluding hydrogens is 352 g/mol. The van der Waals surface area contributed by atoms with E-state index in [1.807, 2.05) is 5.32 Å². The van der Waals surface area contributed by atoms with Gasteiger partial charge in [0.2, 0.25) is 17.7 Å². The average molecular weight is 376 g/mol. The number of carboxylic acids is 2. The summed E-state index contributed by atoms with van der Waals surface area (Å²) in [5.41, 5.74) is 5.34. The van der Waals surface area contributed by atoms with Gasteiger partial charge in [-0.3, -0.25) is 19.2 Å². The third kappa shape index (κ3) is 7.90. The van der Waals surface area contributed by atoms with Crippen molar-refractivity contribution in [3.8, 4) is 0 Å². The fourth-order valence-electron chi connectivity index (χ4n) is 1.73. The topological polar surface area (TPSA) is 208 Å². The maximum absolute atomic E-state index is 12.1. The Balaban J connectivity index is 4.99. The van der Waals surface area contributed by atoms with Crippen molar-refractivity contribution in [2.24, 2.45) is 5.73 Å². The Bertz CT molecular complexity index is 563. The van der Waals surface area contributed by atoms with Crippen molar-refractivity contribution in [3.05, 3.63) is 0 Å². The van der Waals surface area contributed by atoms with Crippen LogP contribution in [0.5, 0.6) is 0 Å². The highest BCUT2D eigenvalue weighted by molar-refractivity contribution is 5.95. The van der Waals surface area contributed by atoms with E-state index < -0.39 is 66.4 Å². The van der Waals surface area contributed by atoms with E-state index in [9.17, 15) is 29.1 Å². The summed E-state index contributed by atoms with van der Waals surface area (Å²) in [5.74, 6) is -5.48. The smallest absolute Gasteiger partial charge is 0.328 e. The minimum absolute atomic E-state index is 0.746. The summed E-state index contributed by atoms with van der Waals surface area (Å²) < 4.78 is 0. The van der Waals surface area contributed by atoms with E-state index in [2.05, 4.69) is 10.6 Å². The van der Waals surface area contributed by atoms with Crippen LogP contribution in [0, 0.1) is 0 Å². The lowest BCUT2D eigenvalue weighted by atomic mass is 10.1. The molecule has 0 aromatic heterocycles. The lowest BCUT2D eigenvalue weighted by Gasteiger charge is -2.23. The number of aliphatic hydroxyl groups excluding tert-OH is 1. The third-order valence-corrected chi connectivity index (χ3v) is 3.22. The van der Waals surface area contributed by atoms with Crippen LogP contribution in [-0.4, -0.2) is 75.3 Å². The van der Waals surface area contributed by atoms with Gasteiger partial charge < -0.3 is 37.0 Å². The fraction of sp³-hybridized carbons (Fsp3) is 0.643. The van der Waals surface area contributed by atoms with Crippen molar-refractivity contribution >= 4 is 29.7 Å². The van der Waals surface area contributed by atoms with Gasteiger partial charge in [-0.05, 0) is 20.8 Å². The molecule has 0 aliphatic heterocycles. The molecule has 0 fully saturated rings. The molecule has 3 amide bonds. The van der Waals surface area contributed by atoms with E-state index in [1.54, 1.807) is 0 Å². The second-order valence-corrected chi connectivity index (χ2v) is 5.74. The molecule has 8 N–H and O–H groups in total. The molecule has 148 valence electrons. The molecule has 0 saturated carbocycles. The summed E-state index contributed by atoms with van der Waals surface area (Å²) >= 11 is 0. The minimum Gasteiger partial charge on any atom is -0.481 e. The molecule has 0 spiro atoms. The normalized spacial score (nSPS) is 16.3. The first-order chi connectivity index (χ1) is 11.9. The van der Waals surface area contributed by atoms with E-state index in [-0.39, 0.29) is 0 Å². The van der Waals surface area contributed by atoms with Crippen molar-refractivity contribution in [2.75, 3.05) is 0 Å². The zero-order valence-electron chi connectivity index (χ0n) is 14.6. The average Bonchev–Trinajstić information content (AvgIpc) is 2.49. The fourth-order valence-corrected chi connectivity index (χ4v) is 1.73. The molecule has 5 atom stereocenters. The molecular formula is C14H24N4O8. The molecule has 0 aliphatic carbocycles. The van der Waals surface area contributed by atoms with Crippen LogP contribution >= 0.6 is 0 Å². The van der Waals surface area contributed by atoms with Crippen molar-refractivity contribution in [1.29, 1.82) is 0 Å². The van der Waals surface area contributed by atoms with Gasteiger partial charge in [-0.1, -0.05) is 0 Å². The first-order valence-electron chi connectivity index (χ1n) is 7.66. The highest BCUT2D eigenvalue weighted by Gasteiger charge is 2.30. The van der Waals surface area contributed by atoms with Gasteiger partial charge >= 0.3 is 11.9 Å². The number of rotatable bonds is 10. The first-order valence-corrected chi connectivity index (χ1v) is 7.66. The number of carbonyl (C=O) groups excluding carboxylic acids is 3. The Morgan fingerprint density at radius 1 is 0.885 bits per heavy atom. The van der Waals surface area contributed by atoms with Crippen LogP contribution in [0.1, 0.15) is 27.2 Å². The number of hydrogen-bond acceptors (Lipinski definition) is 7. The zero-order chi connectivity index (χ0) is 20.6. The number of carboxylic acid groups (broad SMARTS) is 2. The lowest BCUT2D eigenvalue weighted by Crippen LogP contribution is -2.57. The van der Waals surface area contributed by atoms with Gasteiger partial charge in [0.1, 0.15) is 12.1 Å². The van der Waals surface area contributed by atoms with Crippen LogP contribution in [0.3, 0.4) is 0 Å². The van der Waals surface area contributed by atoms with Gasteiger partial charge in [0.15, 0.2) is 6.04 Å². The summed E-state index contributed by atoms with van der Waals surface area (Å²) in [5, 5.41) is 33.4. The van der Waals surface area contributed by atoms with E-state index >= 15 is 0 Å². The Morgan fingerprint density at radius 2 is 1.42 bits per heavy atom. The largest absolute Gasteiger partial charge is 0.481 e. The first kappa shape index (κ1) is 23.3. The van der Waals surface area contributed by atoms with Crippen molar-refractivity contribution in [1.82, 2.24) is 16.0 Å². The van der Waals surface area contributed by atoms with Crippen LogP contribution in [0.15, 0.2) is 0 Å². The number of aliphatic hydroxyl groups is 1. The van der Waals surface area contributed by atoms with Crippen LogP contribution in [-0.2, 0) is 24.0 Å². The monoisotopic (exact) mass is 376 g/mol. The molecule has 12 nitrogen and oxygen atoms in total. The summed E-state index contributed by atoms with van der Waals surface area (Å²) in [6.07, 6.45) is -2.13. The lowest BCUT2D eigenvalue weighted by molar-refractivity contribution is -0.145. The number of nitrogens with two attached hydrogens (primary N) is 1. The molecule has 0 aromatic rings. The zero-order valence-corrected chi connectivity index (χ0v) is 14.6. The number of aliphatic carboxylic acids is 2. The van der Waals surface area contributed by atoms with Gasteiger partial charge in [0.25, 0.3) is 0 Å². The third-order valence-electron chi connectivity index (χ3n) is 3.22. The molecule has 12 heteroatoms. The molecule has 0 saturated heterocycles. The van der Waals surface area contributed by atoms with Gasteiger partial charge in [0, 0.05) is 0 Å². The Kier molecular flexibility index (Phi) is 9.22. The number of hydrogen-bond donors (Lipinski definition) is 7. The van der Waals surface area contributed by atoms with Crippen LogP contribution in [0.25, 0.3) is 0 Å². The number of nitrogens with one attached hydrogen (secondary N) is 3. The highest BCUT2D eigenvalue weighted by atomic mass is 16.4. The molecule has 0 aliphatic rings. The van der Waals surface area contributed by atoms with Gasteiger partial charge in [0.05, 0.1) is 18.6 Å².